The van der Waals surface area contributed by atoms with Gasteiger partial charge in [0.1, 0.15) is 0 Å². The molecule has 6 heteroatoms. The van der Waals surface area contributed by atoms with E-state index in [2.05, 4.69) is 25.3 Å². The van der Waals surface area contributed by atoms with Crippen LogP contribution in [0.2, 0.25) is 0 Å². The normalized spacial score (nSPS) is 20.8. The quantitative estimate of drug-likeness (QED) is 0.275. The summed E-state index contributed by atoms with van der Waals surface area (Å²) in [6.07, 6.45) is 0. The average Bonchev–Trinajstić information content (AvgIpc) is 1.78. The van der Waals surface area contributed by atoms with Crippen LogP contribution < -0.4 is 0 Å². The Morgan fingerprint density at radius 2 is 1.54 bits per heavy atom. The average molecular weight is 220 g/mol. The van der Waals surface area contributed by atoms with Crippen molar-refractivity contribution < 1.29 is 19.1 Å². The molecule has 1 rings (SSSR count). The zero-order valence-corrected chi connectivity index (χ0v) is 8.82. The number of cyclic esters (lactones) is 2. The monoisotopic (exact) mass is 220 g/mol. The third-order valence-electron chi connectivity index (χ3n) is 1.31. The van der Waals surface area contributed by atoms with E-state index in [1.807, 2.05) is 0 Å². The van der Waals surface area contributed by atoms with Gasteiger partial charge in [-0.05, 0) is 0 Å². The molecule has 0 radical (unpaired) electrons. The lowest BCUT2D eigenvalue weighted by molar-refractivity contribution is -0.222. The molecule has 1 aliphatic rings. The first kappa shape index (κ1) is 10.5. The standard InChI is InChI=1S/C7H8O4S2/c1-7(2)10-4(8)3(6(12)13)5(9)11-7/h12-13H,1-2H3. The maximum atomic E-state index is 11.2. The minimum absolute atomic E-state index is 0.00880. The largest absolute Gasteiger partial charge is 0.419 e. The van der Waals surface area contributed by atoms with Gasteiger partial charge in [-0.2, -0.15) is 0 Å². The van der Waals surface area contributed by atoms with E-state index in [1.165, 1.54) is 13.8 Å². The molecule has 1 aliphatic heterocycles. The molecule has 0 bridgehead atoms. The van der Waals surface area contributed by atoms with Gasteiger partial charge >= 0.3 is 11.9 Å². The molecule has 0 saturated carbocycles. The molecule has 0 aliphatic carbocycles. The SMILES string of the molecule is CC1(C)OC(=O)C(=C(S)S)C(=O)O1. The van der Waals surface area contributed by atoms with Crippen molar-refractivity contribution in [3.8, 4) is 0 Å². The predicted octanol–water partition coefficient (Wildman–Crippen LogP) is 0.894. The molecule has 0 unspecified atom stereocenters. The van der Waals surface area contributed by atoms with Crippen LogP contribution in [0.5, 0.6) is 0 Å². The van der Waals surface area contributed by atoms with Crippen molar-refractivity contribution in [1.29, 1.82) is 0 Å². The molecule has 0 amide bonds. The number of hydrogen-bond donors (Lipinski definition) is 2. The van der Waals surface area contributed by atoms with Gasteiger partial charge in [-0.1, -0.05) is 0 Å². The number of hydrogen-bond acceptors (Lipinski definition) is 6. The van der Waals surface area contributed by atoms with Crippen LogP contribution in [0.1, 0.15) is 13.8 Å². The summed E-state index contributed by atoms with van der Waals surface area (Å²) in [5, 5.41) is 0. The fourth-order valence-corrected chi connectivity index (χ4v) is 1.20. The second kappa shape index (κ2) is 3.26. The molecule has 0 atom stereocenters. The molecule has 1 heterocycles. The van der Waals surface area contributed by atoms with Gasteiger partial charge in [0.25, 0.3) is 5.79 Å². The minimum atomic E-state index is -1.21. The first-order chi connectivity index (χ1) is 5.83. The number of thiol groups is 2. The van der Waals surface area contributed by atoms with E-state index in [0.29, 0.717) is 0 Å². The fraction of sp³-hybridized carbons (Fsp3) is 0.429. The summed E-state index contributed by atoms with van der Waals surface area (Å²) in [7, 11) is 0. The van der Waals surface area contributed by atoms with Crippen LogP contribution in [0.15, 0.2) is 9.81 Å². The van der Waals surface area contributed by atoms with Gasteiger partial charge in [-0.3, -0.25) is 0 Å². The lowest BCUT2D eigenvalue weighted by Crippen LogP contribution is -2.42. The summed E-state index contributed by atoms with van der Waals surface area (Å²) in [5.74, 6) is -2.74. The van der Waals surface area contributed by atoms with E-state index in [9.17, 15) is 9.59 Å². The number of ether oxygens (including phenoxy) is 2. The summed E-state index contributed by atoms with van der Waals surface area (Å²) in [4.78, 5) is 22.4. The number of esters is 2. The van der Waals surface area contributed by atoms with E-state index < -0.39 is 17.7 Å². The first-order valence-electron chi connectivity index (χ1n) is 3.42. The van der Waals surface area contributed by atoms with Crippen LogP contribution in [0.4, 0.5) is 0 Å². The highest BCUT2D eigenvalue weighted by molar-refractivity contribution is 8.05. The fourth-order valence-electron chi connectivity index (χ4n) is 0.835. The van der Waals surface area contributed by atoms with Gasteiger partial charge in [0.2, 0.25) is 0 Å². The summed E-state index contributed by atoms with van der Waals surface area (Å²) in [6.45, 7) is 2.94. The maximum absolute atomic E-state index is 11.2. The highest BCUT2D eigenvalue weighted by Crippen LogP contribution is 2.26. The van der Waals surface area contributed by atoms with Crippen molar-refractivity contribution in [2.24, 2.45) is 0 Å². The van der Waals surface area contributed by atoms with Crippen molar-refractivity contribution >= 4 is 37.2 Å². The first-order valence-corrected chi connectivity index (χ1v) is 4.32. The third kappa shape index (κ3) is 2.19. The summed E-state index contributed by atoms with van der Waals surface area (Å²) >= 11 is 7.52. The molecular weight excluding hydrogens is 212 g/mol. The van der Waals surface area contributed by atoms with Gasteiger partial charge in [-0.25, -0.2) is 9.59 Å². The Kier molecular flexibility index (Phi) is 2.63. The van der Waals surface area contributed by atoms with Gasteiger partial charge < -0.3 is 9.47 Å². The molecule has 0 aromatic carbocycles. The van der Waals surface area contributed by atoms with Crippen molar-refractivity contribution in [2.45, 2.75) is 19.6 Å². The van der Waals surface area contributed by atoms with E-state index >= 15 is 0 Å². The minimum Gasteiger partial charge on any atom is -0.419 e. The Balaban J connectivity index is 3.04. The molecule has 72 valence electrons. The van der Waals surface area contributed by atoms with Crippen LogP contribution >= 0.6 is 25.3 Å². The van der Waals surface area contributed by atoms with Crippen LogP contribution in [-0.4, -0.2) is 17.7 Å². The summed E-state index contributed by atoms with van der Waals surface area (Å²) < 4.78 is 9.55. The predicted molar refractivity (Wildman–Crippen MR) is 51.3 cm³/mol. The van der Waals surface area contributed by atoms with Crippen molar-refractivity contribution in [3.05, 3.63) is 9.81 Å². The van der Waals surface area contributed by atoms with Crippen molar-refractivity contribution in [3.63, 3.8) is 0 Å². The molecule has 13 heavy (non-hydrogen) atoms. The summed E-state index contributed by atoms with van der Waals surface area (Å²) in [5.41, 5.74) is -0.272. The van der Waals surface area contributed by atoms with Crippen molar-refractivity contribution in [2.75, 3.05) is 0 Å². The van der Waals surface area contributed by atoms with E-state index in [1.54, 1.807) is 0 Å². The summed E-state index contributed by atoms with van der Waals surface area (Å²) in [6, 6.07) is 0. The highest BCUT2D eigenvalue weighted by Gasteiger charge is 2.39. The molecule has 0 aromatic rings. The second-order valence-electron chi connectivity index (χ2n) is 2.88. The number of carbonyl (C=O) groups is 2. The maximum Gasteiger partial charge on any atom is 0.350 e. The topological polar surface area (TPSA) is 52.6 Å². The molecule has 0 spiro atoms. The highest BCUT2D eigenvalue weighted by atomic mass is 32.2. The lowest BCUT2D eigenvalue weighted by atomic mass is 10.2. The molecule has 0 aromatic heterocycles. The number of rotatable bonds is 0. The van der Waals surface area contributed by atoms with Crippen LogP contribution in [0, 0.1) is 0 Å². The van der Waals surface area contributed by atoms with Crippen LogP contribution in [0.25, 0.3) is 0 Å². The zero-order chi connectivity index (χ0) is 10.2. The Bertz CT molecular complexity index is 280. The Morgan fingerprint density at radius 1 is 1.15 bits per heavy atom. The van der Waals surface area contributed by atoms with E-state index in [4.69, 9.17) is 9.47 Å². The second-order valence-corrected chi connectivity index (χ2v) is 4.12. The lowest BCUT2D eigenvalue weighted by Gasteiger charge is -2.29. The molecular formula is C7H8O4S2. The Labute approximate surface area is 86.1 Å². The van der Waals surface area contributed by atoms with E-state index in [0.717, 1.165) is 0 Å². The smallest absolute Gasteiger partial charge is 0.350 e. The van der Waals surface area contributed by atoms with Gasteiger partial charge in [-0.15, -0.1) is 25.3 Å². The zero-order valence-electron chi connectivity index (χ0n) is 7.03. The molecule has 1 fully saturated rings. The van der Waals surface area contributed by atoms with Gasteiger partial charge in [0, 0.05) is 13.8 Å². The molecule has 4 nitrogen and oxygen atoms in total. The van der Waals surface area contributed by atoms with Gasteiger partial charge in [0.05, 0.1) is 4.24 Å². The Morgan fingerprint density at radius 3 is 1.85 bits per heavy atom. The molecule has 1 saturated heterocycles. The number of carbonyl (C=O) groups excluding carboxylic acids is 2. The van der Waals surface area contributed by atoms with Crippen LogP contribution in [0.3, 0.4) is 0 Å². The van der Waals surface area contributed by atoms with Gasteiger partial charge in [0.15, 0.2) is 5.57 Å². The van der Waals surface area contributed by atoms with Crippen LogP contribution in [-0.2, 0) is 19.1 Å². The Hall–Kier alpha value is -0.620. The van der Waals surface area contributed by atoms with E-state index in [-0.39, 0.29) is 9.81 Å². The van der Waals surface area contributed by atoms with Crippen molar-refractivity contribution in [1.82, 2.24) is 0 Å². The third-order valence-corrected chi connectivity index (χ3v) is 1.76. The molecule has 0 N–H and O–H groups in total.